The number of rotatable bonds is 3. The molecule has 0 atom stereocenters. The summed E-state index contributed by atoms with van der Waals surface area (Å²) < 4.78 is 12.5. The molecule has 0 saturated carbocycles. The van der Waals surface area contributed by atoms with Crippen molar-refractivity contribution < 1.29 is 9.47 Å². The Balaban J connectivity index is 2.56. The maximum Gasteiger partial charge on any atom is 0.184 e. The molecule has 0 aliphatic carbocycles. The highest BCUT2D eigenvalue weighted by atomic mass is 16.5. The first-order valence-corrected chi connectivity index (χ1v) is 4.62. The molecule has 2 rings (SSSR count). The Hall–Kier alpha value is -1.90. The van der Waals surface area contributed by atoms with Gasteiger partial charge in [-0.05, 0) is 18.2 Å². The zero-order valence-electron chi connectivity index (χ0n) is 8.73. The van der Waals surface area contributed by atoms with Gasteiger partial charge in [0.05, 0.1) is 19.9 Å². The van der Waals surface area contributed by atoms with E-state index in [2.05, 4.69) is 6.07 Å². The van der Waals surface area contributed by atoms with E-state index in [-0.39, 0.29) is 0 Å². The molecule has 3 heteroatoms. The number of ether oxygens (including phenoxy) is 2. The zero-order valence-corrected chi connectivity index (χ0v) is 8.73. The largest absolute Gasteiger partial charge is 0.493 e. The van der Waals surface area contributed by atoms with Crippen LogP contribution in [0.5, 0.6) is 11.5 Å². The number of hydrogen-bond donors (Lipinski definition) is 0. The highest BCUT2D eigenvalue weighted by Gasteiger charge is 2.09. The normalized spacial score (nSPS) is 10.0. The highest BCUT2D eigenvalue weighted by Crippen LogP contribution is 2.33. The van der Waals surface area contributed by atoms with Gasteiger partial charge in [-0.15, -0.1) is 0 Å². The van der Waals surface area contributed by atoms with Gasteiger partial charge < -0.3 is 14.0 Å². The molecule has 3 nitrogen and oxygen atoms in total. The van der Waals surface area contributed by atoms with E-state index in [1.54, 1.807) is 14.2 Å². The van der Waals surface area contributed by atoms with Gasteiger partial charge in [0.25, 0.3) is 0 Å². The van der Waals surface area contributed by atoms with Crippen molar-refractivity contribution in [1.82, 2.24) is 4.57 Å². The fourth-order valence-electron chi connectivity index (χ4n) is 1.51. The van der Waals surface area contributed by atoms with E-state index < -0.39 is 0 Å². The summed E-state index contributed by atoms with van der Waals surface area (Å²) in [5, 5.41) is 0. The average Bonchev–Trinajstić information content (AvgIpc) is 2.81. The van der Waals surface area contributed by atoms with E-state index in [0.717, 1.165) is 17.2 Å². The minimum absolute atomic E-state index is 0.726. The molecule has 15 heavy (non-hydrogen) atoms. The standard InChI is InChI=1S/C12H12NO2/c1-14-11-7-5-6-10(12(11)15-2)13-8-3-4-9-13/h3,5-9H,1-2H3. The molecule has 0 fully saturated rings. The fraction of sp³-hybridized carbons (Fsp3) is 0.167. The lowest BCUT2D eigenvalue weighted by atomic mass is 10.2. The molecular weight excluding hydrogens is 190 g/mol. The van der Waals surface area contributed by atoms with Crippen molar-refractivity contribution in [2.24, 2.45) is 0 Å². The number of para-hydroxylation sites is 1. The van der Waals surface area contributed by atoms with Crippen LogP contribution in [-0.2, 0) is 0 Å². The van der Waals surface area contributed by atoms with Gasteiger partial charge in [-0.25, -0.2) is 0 Å². The molecule has 0 unspecified atom stereocenters. The van der Waals surface area contributed by atoms with Crippen molar-refractivity contribution in [3.8, 4) is 17.2 Å². The van der Waals surface area contributed by atoms with E-state index >= 15 is 0 Å². The van der Waals surface area contributed by atoms with Crippen molar-refractivity contribution in [2.45, 2.75) is 0 Å². The summed E-state index contributed by atoms with van der Waals surface area (Å²) in [6, 6.07) is 10.6. The molecule has 77 valence electrons. The third kappa shape index (κ3) is 1.68. The van der Waals surface area contributed by atoms with E-state index in [1.807, 2.05) is 41.2 Å². The lowest BCUT2D eigenvalue weighted by Crippen LogP contribution is -1.97. The molecule has 1 aromatic heterocycles. The molecule has 0 bridgehead atoms. The molecule has 0 saturated heterocycles. The SMILES string of the molecule is COc1cccc(-n2c[c]cc2)c1OC. The van der Waals surface area contributed by atoms with Crippen LogP contribution in [0.25, 0.3) is 5.69 Å². The summed E-state index contributed by atoms with van der Waals surface area (Å²) in [7, 11) is 3.26. The minimum Gasteiger partial charge on any atom is -0.493 e. The van der Waals surface area contributed by atoms with Gasteiger partial charge in [0, 0.05) is 18.5 Å². The summed E-state index contributed by atoms with van der Waals surface area (Å²) in [4.78, 5) is 0. The molecule has 0 aliphatic heterocycles. The highest BCUT2D eigenvalue weighted by molar-refractivity contribution is 5.55. The quantitative estimate of drug-likeness (QED) is 0.762. The molecule has 0 aliphatic rings. The first-order chi connectivity index (χ1) is 7.36. The second-order valence-corrected chi connectivity index (χ2v) is 3.03. The van der Waals surface area contributed by atoms with Crippen LogP contribution in [-0.4, -0.2) is 18.8 Å². The first-order valence-electron chi connectivity index (χ1n) is 4.62. The molecule has 1 radical (unpaired) electrons. The summed E-state index contributed by atoms with van der Waals surface area (Å²) in [6.45, 7) is 0. The van der Waals surface area contributed by atoms with E-state index in [0.29, 0.717) is 0 Å². The Bertz CT molecular complexity index is 435. The maximum absolute atomic E-state index is 5.33. The van der Waals surface area contributed by atoms with Crippen LogP contribution in [0, 0.1) is 6.07 Å². The summed E-state index contributed by atoms with van der Waals surface area (Å²) in [6.07, 6.45) is 3.76. The van der Waals surface area contributed by atoms with Crippen LogP contribution in [0.15, 0.2) is 36.7 Å². The van der Waals surface area contributed by atoms with Crippen molar-refractivity contribution in [1.29, 1.82) is 0 Å². The first kappa shape index (κ1) is 9.65. The lowest BCUT2D eigenvalue weighted by molar-refractivity contribution is 0.354. The Morgan fingerprint density at radius 2 is 2.07 bits per heavy atom. The van der Waals surface area contributed by atoms with Crippen LogP contribution < -0.4 is 9.47 Å². The minimum atomic E-state index is 0.726. The van der Waals surface area contributed by atoms with Gasteiger partial charge in [0.15, 0.2) is 11.5 Å². The van der Waals surface area contributed by atoms with Gasteiger partial charge in [-0.2, -0.15) is 0 Å². The number of benzene rings is 1. The average molecular weight is 202 g/mol. The van der Waals surface area contributed by atoms with Crippen molar-refractivity contribution in [2.75, 3.05) is 14.2 Å². The second-order valence-electron chi connectivity index (χ2n) is 3.03. The molecule has 0 spiro atoms. The number of hydrogen-bond acceptors (Lipinski definition) is 2. The van der Waals surface area contributed by atoms with Crippen LogP contribution >= 0.6 is 0 Å². The Morgan fingerprint density at radius 3 is 2.67 bits per heavy atom. The predicted octanol–water partition coefficient (Wildman–Crippen LogP) is 2.29. The monoisotopic (exact) mass is 202 g/mol. The molecule has 0 N–H and O–H groups in total. The zero-order chi connectivity index (χ0) is 10.7. The van der Waals surface area contributed by atoms with Gasteiger partial charge in [0.1, 0.15) is 0 Å². The second kappa shape index (κ2) is 4.09. The van der Waals surface area contributed by atoms with E-state index in [4.69, 9.17) is 9.47 Å². The molecule has 1 heterocycles. The van der Waals surface area contributed by atoms with Crippen LogP contribution in [0.1, 0.15) is 0 Å². The third-order valence-electron chi connectivity index (χ3n) is 2.21. The topological polar surface area (TPSA) is 23.4 Å². The van der Waals surface area contributed by atoms with Gasteiger partial charge >= 0.3 is 0 Å². The van der Waals surface area contributed by atoms with E-state index in [1.165, 1.54) is 0 Å². The summed E-state index contributed by atoms with van der Waals surface area (Å²) in [5.74, 6) is 1.45. The Labute approximate surface area is 88.9 Å². The predicted molar refractivity (Wildman–Crippen MR) is 57.7 cm³/mol. The van der Waals surface area contributed by atoms with Gasteiger partial charge in [-0.1, -0.05) is 6.07 Å². The molecule has 1 aromatic carbocycles. The van der Waals surface area contributed by atoms with Gasteiger partial charge in [-0.3, -0.25) is 0 Å². The molecule has 0 amide bonds. The number of nitrogens with zero attached hydrogens (tertiary/aromatic N) is 1. The smallest absolute Gasteiger partial charge is 0.184 e. The van der Waals surface area contributed by atoms with Crippen molar-refractivity contribution >= 4 is 0 Å². The van der Waals surface area contributed by atoms with Crippen LogP contribution in [0.2, 0.25) is 0 Å². The van der Waals surface area contributed by atoms with Crippen molar-refractivity contribution in [3.05, 3.63) is 42.7 Å². The lowest BCUT2D eigenvalue weighted by Gasteiger charge is -2.12. The van der Waals surface area contributed by atoms with E-state index in [9.17, 15) is 0 Å². The number of methoxy groups -OCH3 is 2. The van der Waals surface area contributed by atoms with Crippen molar-refractivity contribution in [3.63, 3.8) is 0 Å². The molecule has 2 aromatic rings. The molecular formula is C12H12NO2. The maximum atomic E-state index is 5.33. The Kier molecular flexibility index (Phi) is 2.63. The summed E-state index contributed by atoms with van der Waals surface area (Å²) in [5.41, 5.74) is 0.943. The summed E-state index contributed by atoms with van der Waals surface area (Å²) >= 11 is 0. The third-order valence-corrected chi connectivity index (χ3v) is 2.21. The fourth-order valence-corrected chi connectivity index (χ4v) is 1.51. The number of aromatic nitrogens is 1. The van der Waals surface area contributed by atoms with Crippen LogP contribution in [0.4, 0.5) is 0 Å². The van der Waals surface area contributed by atoms with Gasteiger partial charge in [0.2, 0.25) is 0 Å². The Morgan fingerprint density at radius 1 is 1.20 bits per heavy atom. The van der Waals surface area contributed by atoms with Crippen LogP contribution in [0.3, 0.4) is 0 Å².